The van der Waals surface area contributed by atoms with Crippen LogP contribution in [0, 0.1) is 5.92 Å². The molecule has 1 N–H and O–H groups in total. The van der Waals surface area contributed by atoms with Crippen LogP contribution in [0.2, 0.25) is 0 Å². The summed E-state index contributed by atoms with van der Waals surface area (Å²) in [4.78, 5) is 25.8. The first-order chi connectivity index (χ1) is 15.5. The van der Waals surface area contributed by atoms with Crippen molar-refractivity contribution in [2.24, 2.45) is 5.92 Å². The molecule has 11 heteroatoms. The van der Waals surface area contributed by atoms with Crippen LogP contribution in [-0.4, -0.2) is 57.5 Å². The number of aromatic nitrogens is 5. The zero-order valence-corrected chi connectivity index (χ0v) is 18.2. The van der Waals surface area contributed by atoms with Crippen LogP contribution in [0.4, 0.5) is 5.82 Å². The zero-order chi connectivity index (χ0) is 22.1. The topological polar surface area (TPSA) is 129 Å². The minimum Gasteiger partial charge on any atom is -0.381 e. The van der Waals surface area contributed by atoms with Crippen LogP contribution in [0.1, 0.15) is 38.1 Å². The maximum Gasteiger partial charge on any atom is 0.250 e. The molecule has 5 rings (SSSR count). The average Bonchev–Trinajstić information content (AvgIpc) is 3.59. The maximum atomic E-state index is 13.3. The molecular weight excluding hydrogens is 432 g/mol. The van der Waals surface area contributed by atoms with E-state index in [-0.39, 0.29) is 22.0 Å². The highest BCUT2D eigenvalue weighted by Crippen LogP contribution is 2.37. The molecule has 0 bridgehead atoms. The number of hydrogen-bond acceptors (Lipinski definition) is 8. The Bertz CT molecular complexity index is 1220. The van der Waals surface area contributed by atoms with E-state index in [4.69, 9.17) is 4.74 Å². The first kappa shape index (κ1) is 21.0. The van der Waals surface area contributed by atoms with E-state index >= 15 is 0 Å². The molecule has 1 amide bonds. The second kappa shape index (κ2) is 8.55. The number of hydrogen-bond donors (Lipinski definition) is 1. The monoisotopic (exact) mass is 456 g/mol. The van der Waals surface area contributed by atoms with E-state index in [1.165, 1.54) is 31.0 Å². The Labute approximate surface area is 185 Å². The summed E-state index contributed by atoms with van der Waals surface area (Å²) in [7, 11) is -3.45. The van der Waals surface area contributed by atoms with Gasteiger partial charge in [-0.25, -0.2) is 13.4 Å². The van der Waals surface area contributed by atoms with Gasteiger partial charge in [0.05, 0.1) is 34.3 Å². The molecule has 2 fully saturated rings. The first-order valence-corrected chi connectivity index (χ1v) is 12.3. The van der Waals surface area contributed by atoms with E-state index in [1.807, 2.05) is 0 Å². The Morgan fingerprint density at radius 3 is 2.62 bits per heavy atom. The molecule has 1 saturated heterocycles. The Hall–Kier alpha value is -2.92. The van der Waals surface area contributed by atoms with Gasteiger partial charge in [-0.2, -0.15) is 5.10 Å². The van der Waals surface area contributed by atoms with Crippen LogP contribution in [0.3, 0.4) is 0 Å². The van der Waals surface area contributed by atoms with Crippen LogP contribution < -0.4 is 5.32 Å². The number of ether oxygens (including phenoxy) is 1. The third-order valence-electron chi connectivity index (χ3n) is 6.07. The predicted molar refractivity (Wildman–Crippen MR) is 116 cm³/mol. The summed E-state index contributed by atoms with van der Waals surface area (Å²) in [6.45, 7) is 1.32. The van der Waals surface area contributed by atoms with E-state index in [1.54, 1.807) is 10.9 Å². The van der Waals surface area contributed by atoms with E-state index in [0.717, 1.165) is 12.8 Å². The Kier molecular flexibility index (Phi) is 5.60. The summed E-state index contributed by atoms with van der Waals surface area (Å²) in [6.07, 6.45) is 12.6. The Balaban J connectivity index is 1.52. The van der Waals surface area contributed by atoms with Crippen LogP contribution in [0.5, 0.6) is 0 Å². The van der Waals surface area contributed by atoms with Crippen molar-refractivity contribution >= 4 is 32.5 Å². The number of carbonyl (C=O) groups is 1. The summed E-state index contributed by atoms with van der Waals surface area (Å²) < 4.78 is 32.8. The first-order valence-electron chi connectivity index (χ1n) is 10.7. The van der Waals surface area contributed by atoms with Gasteiger partial charge in [-0.3, -0.25) is 19.4 Å². The molecule has 1 saturated carbocycles. The number of sulfone groups is 1. The molecule has 168 valence electrons. The second-order valence-corrected chi connectivity index (χ2v) is 10.5. The summed E-state index contributed by atoms with van der Waals surface area (Å²) in [5.41, 5.74) is 0.526. The SMILES string of the molecule is O=C(Nc1cnccn1)[C@@H](CC1CCOCC1)n1ncc2c(S(=O)(=O)C3CC3)cncc21. The van der Waals surface area contributed by atoms with Gasteiger partial charge in [-0.15, -0.1) is 0 Å². The highest BCUT2D eigenvalue weighted by Gasteiger charge is 2.39. The molecule has 0 aromatic carbocycles. The fraction of sp³-hybridized carbons (Fsp3) is 0.476. The number of amides is 1. The summed E-state index contributed by atoms with van der Waals surface area (Å²) in [5, 5.41) is 7.42. The number of carbonyl (C=O) groups excluding carboxylic acids is 1. The normalized spacial score (nSPS) is 18.5. The van der Waals surface area contributed by atoms with E-state index in [0.29, 0.717) is 49.2 Å². The standard InChI is InChI=1S/C21H24N6O4S/c28-21(26-20-13-22-5-6-24-20)17(9-14-3-7-31-8-4-14)27-18-11-23-12-19(16(18)10-25-27)32(29,30)15-1-2-15/h5-6,10-15,17H,1-4,7-9H2,(H,24,26,28)/t17-/m1/s1. The van der Waals surface area contributed by atoms with Crippen molar-refractivity contribution in [2.75, 3.05) is 18.5 Å². The molecule has 4 heterocycles. The number of anilines is 1. The van der Waals surface area contributed by atoms with E-state index in [9.17, 15) is 13.2 Å². The van der Waals surface area contributed by atoms with Gasteiger partial charge in [0.2, 0.25) is 5.91 Å². The molecule has 2 aliphatic rings. The zero-order valence-electron chi connectivity index (χ0n) is 17.4. The largest absolute Gasteiger partial charge is 0.381 e. The summed E-state index contributed by atoms with van der Waals surface area (Å²) in [5.74, 6) is 0.352. The molecule has 1 aliphatic heterocycles. The van der Waals surface area contributed by atoms with Crippen molar-refractivity contribution in [3.05, 3.63) is 37.2 Å². The van der Waals surface area contributed by atoms with Crippen molar-refractivity contribution in [1.82, 2.24) is 24.7 Å². The Morgan fingerprint density at radius 2 is 1.91 bits per heavy atom. The maximum absolute atomic E-state index is 13.3. The molecule has 3 aromatic heterocycles. The molecule has 1 aliphatic carbocycles. The number of rotatable bonds is 7. The quantitative estimate of drug-likeness (QED) is 0.573. The van der Waals surface area contributed by atoms with Crippen LogP contribution in [0.15, 0.2) is 42.1 Å². The van der Waals surface area contributed by atoms with Crippen molar-refractivity contribution in [3.63, 3.8) is 0 Å². The Morgan fingerprint density at radius 1 is 1.09 bits per heavy atom. The average molecular weight is 457 g/mol. The minimum atomic E-state index is -3.45. The highest BCUT2D eigenvalue weighted by atomic mass is 32.2. The summed E-state index contributed by atoms with van der Waals surface area (Å²) in [6, 6.07) is -0.654. The van der Waals surface area contributed by atoms with Gasteiger partial charge in [0.25, 0.3) is 0 Å². The fourth-order valence-electron chi connectivity index (χ4n) is 4.16. The minimum absolute atomic E-state index is 0.183. The summed E-state index contributed by atoms with van der Waals surface area (Å²) >= 11 is 0. The van der Waals surface area contributed by atoms with Crippen molar-refractivity contribution in [3.8, 4) is 0 Å². The third-order valence-corrected chi connectivity index (χ3v) is 8.36. The molecule has 10 nitrogen and oxygen atoms in total. The third kappa shape index (κ3) is 4.09. The van der Waals surface area contributed by atoms with E-state index < -0.39 is 15.9 Å². The lowest BCUT2D eigenvalue weighted by Crippen LogP contribution is -2.30. The molecule has 1 atom stereocenters. The van der Waals surface area contributed by atoms with Gasteiger partial charge >= 0.3 is 0 Å². The van der Waals surface area contributed by atoms with Gasteiger partial charge < -0.3 is 10.1 Å². The lowest BCUT2D eigenvalue weighted by molar-refractivity contribution is -0.120. The number of fused-ring (bicyclic) bond motifs is 1. The molecule has 32 heavy (non-hydrogen) atoms. The lowest BCUT2D eigenvalue weighted by atomic mass is 9.92. The number of nitrogens with one attached hydrogen (secondary N) is 1. The smallest absolute Gasteiger partial charge is 0.250 e. The van der Waals surface area contributed by atoms with Gasteiger partial charge in [0, 0.05) is 37.2 Å². The molecule has 0 unspecified atom stereocenters. The van der Waals surface area contributed by atoms with Crippen LogP contribution in [0.25, 0.3) is 10.9 Å². The predicted octanol–water partition coefficient (Wildman–Crippen LogP) is 2.15. The van der Waals surface area contributed by atoms with Crippen LogP contribution >= 0.6 is 0 Å². The van der Waals surface area contributed by atoms with Gasteiger partial charge in [-0.1, -0.05) is 0 Å². The van der Waals surface area contributed by atoms with Gasteiger partial charge in [-0.05, 0) is 38.0 Å². The molecule has 0 radical (unpaired) electrons. The van der Waals surface area contributed by atoms with Crippen molar-refractivity contribution < 1.29 is 17.9 Å². The highest BCUT2D eigenvalue weighted by molar-refractivity contribution is 7.92. The molecular formula is C21H24N6O4S. The van der Waals surface area contributed by atoms with Crippen molar-refractivity contribution in [1.29, 1.82) is 0 Å². The van der Waals surface area contributed by atoms with Crippen LogP contribution in [-0.2, 0) is 19.4 Å². The van der Waals surface area contributed by atoms with Crippen molar-refractivity contribution in [2.45, 2.75) is 48.3 Å². The number of nitrogens with zero attached hydrogens (tertiary/aromatic N) is 5. The fourth-order valence-corrected chi connectivity index (χ4v) is 5.94. The molecule has 0 spiro atoms. The van der Waals surface area contributed by atoms with Gasteiger partial charge in [0.1, 0.15) is 6.04 Å². The van der Waals surface area contributed by atoms with E-state index in [2.05, 4.69) is 25.4 Å². The lowest BCUT2D eigenvalue weighted by Gasteiger charge is -2.26. The number of pyridine rings is 1. The molecule has 3 aromatic rings. The second-order valence-electron chi connectivity index (χ2n) is 8.29. The van der Waals surface area contributed by atoms with Gasteiger partial charge in [0.15, 0.2) is 15.7 Å².